The summed E-state index contributed by atoms with van der Waals surface area (Å²) in [7, 11) is 1.59. The van der Waals surface area contributed by atoms with Gasteiger partial charge in [-0.15, -0.1) is 0 Å². The van der Waals surface area contributed by atoms with Gasteiger partial charge in [0.1, 0.15) is 5.75 Å². The number of rotatable bonds is 7. The summed E-state index contributed by atoms with van der Waals surface area (Å²) in [4.78, 5) is 12.1. The van der Waals surface area contributed by atoms with Crippen LogP contribution in [0.4, 0.5) is 0 Å². The third kappa shape index (κ3) is 4.98. The molecule has 0 aromatic heterocycles. The lowest BCUT2D eigenvalue weighted by atomic mass is 9.92. The molecule has 0 aliphatic carbocycles. The van der Waals surface area contributed by atoms with Crippen molar-refractivity contribution in [3.8, 4) is 5.75 Å². The summed E-state index contributed by atoms with van der Waals surface area (Å²) in [5.41, 5.74) is 0.467. The highest BCUT2D eigenvalue weighted by Crippen LogP contribution is 2.24. The van der Waals surface area contributed by atoms with E-state index in [1.807, 2.05) is 42.5 Å². The van der Waals surface area contributed by atoms with Gasteiger partial charge in [-0.25, -0.2) is 0 Å². The van der Waals surface area contributed by atoms with Gasteiger partial charge in [0.25, 0.3) is 0 Å². The van der Waals surface area contributed by atoms with Crippen LogP contribution in [0.3, 0.4) is 0 Å². The molecule has 2 aromatic carbocycles. The first-order valence-corrected chi connectivity index (χ1v) is 8.17. The molecule has 0 heterocycles. The third-order valence-electron chi connectivity index (χ3n) is 3.88. The van der Waals surface area contributed by atoms with Crippen molar-refractivity contribution in [3.63, 3.8) is 0 Å². The second kappa shape index (κ2) is 8.18. The monoisotopic (exact) mass is 347 g/mol. The Bertz CT molecular complexity index is 686. The zero-order chi connectivity index (χ0) is 17.6. The van der Waals surface area contributed by atoms with Crippen LogP contribution in [0.5, 0.6) is 5.75 Å². The maximum atomic E-state index is 12.1. The molecule has 1 atom stereocenters. The van der Waals surface area contributed by atoms with Crippen molar-refractivity contribution < 1.29 is 14.6 Å². The molecule has 24 heavy (non-hydrogen) atoms. The van der Waals surface area contributed by atoms with Crippen molar-refractivity contribution in [3.05, 3.63) is 64.7 Å². The average Bonchev–Trinajstić information content (AvgIpc) is 2.56. The van der Waals surface area contributed by atoms with E-state index in [1.165, 1.54) is 0 Å². The molecule has 2 aromatic rings. The summed E-state index contributed by atoms with van der Waals surface area (Å²) in [6.45, 7) is 2.10. The van der Waals surface area contributed by atoms with Crippen LogP contribution in [-0.4, -0.2) is 24.7 Å². The Morgan fingerprint density at radius 2 is 1.96 bits per heavy atom. The number of nitrogens with one attached hydrogen (secondary N) is 1. The Labute approximate surface area is 147 Å². The van der Waals surface area contributed by atoms with E-state index < -0.39 is 5.60 Å². The van der Waals surface area contributed by atoms with Crippen LogP contribution in [0.2, 0.25) is 5.02 Å². The van der Waals surface area contributed by atoms with E-state index in [-0.39, 0.29) is 12.3 Å². The van der Waals surface area contributed by atoms with Gasteiger partial charge in [0.2, 0.25) is 5.91 Å². The quantitative estimate of drug-likeness (QED) is 0.808. The van der Waals surface area contributed by atoms with Crippen LogP contribution in [0, 0.1) is 0 Å². The van der Waals surface area contributed by atoms with E-state index in [9.17, 15) is 9.90 Å². The molecule has 0 saturated carbocycles. The summed E-state index contributed by atoms with van der Waals surface area (Å²) in [6, 6.07) is 14.6. The first kappa shape index (κ1) is 18.3. The van der Waals surface area contributed by atoms with Gasteiger partial charge in [0.15, 0.2) is 0 Å². The second-order valence-corrected chi connectivity index (χ2v) is 6.28. The lowest BCUT2D eigenvalue weighted by molar-refractivity contribution is -0.125. The Morgan fingerprint density at radius 3 is 2.58 bits per heavy atom. The zero-order valence-corrected chi connectivity index (χ0v) is 14.6. The maximum Gasteiger partial charge on any atom is 0.223 e. The Hall–Kier alpha value is -2.04. The SMILES string of the molecule is COc1ccc(CCNC(=O)CC(C)(O)c2ccccc2)c(Cl)c1. The van der Waals surface area contributed by atoms with Gasteiger partial charge in [-0.2, -0.15) is 0 Å². The van der Waals surface area contributed by atoms with E-state index >= 15 is 0 Å². The Balaban J connectivity index is 1.85. The molecule has 1 unspecified atom stereocenters. The van der Waals surface area contributed by atoms with Gasteiger partial charge >= 0.3 is 0 Å². The standard InChI is InChI=1S/C19H22ClNO3/c1-19(23,15-6-4-3-5-7-15)13-18(22)21-11-10-14-8-9-16(24-2)12-17(14)20/h3-9,12,23H,10-11,13H2,1-2H3,(H,21,22). The highest BCUT2D eigenvalue weighted by atomic mass is 35.5. The van der Waals surface area contributed by atoms with Crippen molar-refractivity contribution in [2.75, 3.05) is 13.7 Å². The highest BCUT2D eigenvalue weighted by molar-refractivity contribution is 6.31. The highest BCUT2D eigenvalue weighted by Gasteiger charge is 2.26. The van der Waals surface area contributed by atoms with Gasteiger partial charge in [0, 0.05) is 11.6 Å². The fraction of sp³-hybridized carbons (Fsp3) is 0.316. The molecule has 0 saturated heterocycles. The molecule has 0 radical (unpaired) electrons. The molecule has 4 nitrogen and oxygen atoms in total. The van der Waals surface area contributed by atoms with Crippen molar-refractivity contribution in [2.24, 2.45) is 0 Å². The summed E-state index contributed by atoms with van der Waals surface area (Å²) in [5, 5.41) is 13.9. The summed E-state index contributed by atoms with van der Waals surface area (Å²) >= 11 is 6.18. The van der Waals surface area contributed by atoms with Crippen molar-refractivity contribution >= 4 is 17.5 Å². The second-order valence-electron chi connectivity index (χ2n) is 5.87. The summed E-state index contributed by atoms with van der Waals surface area (Å²) in [6.07, 6.45) is 0.620. The normalized spacial score (nSPS) is 13.2. The van der Waals surface area contributed by atoms with Gasteiger partial charge in [-0.1, -0.05) is 48.0 Å². The largest absolute Gasteiger partial charge is 0.497 e. The predicted molar refractivity (Wildman–Crippen MR) is 95.3 cm³/mol. The fourth-order valence-electron chi connectivity index (χ4n) is 2.47. The molecule has 0 spiro atoms. The lowest BCUT2D eigenvalue weighted by Crippen LogP contribution is -2.33. The first-order valence-electron chi connectivity index (χ1n) is 7.79. The number of hydrogen-bond donors (Lipinski definition) is 2. The van der Waals surface area contributed by atoms with E-state index in [0.717, 1.165) is 11.1 Å². The molecule has 1 amide bonds. The van der Waals surface area contributed by atoms with Crippen LogP contribution in [0.15, 0.2) is 48.5 Å². The van der Waals surface area contributed by atoms with E-state index in [0.29, 0.717) is 23.7 Å². The minimum absolute atomic E-state index is 0.00730. The van der Waals surface area contributed by atoms with Crippen LogP contribution in [0.1, 0.15) is 24.5 Å². The molecule has 0 aliphatic rings. The van der Waals surface area contributed by atoms with Gasteiger partial charge < -0.3 is 15.2 Å². The fourth-order valence-corrected chi connectivity index (χ4v) is 2.73. The van der Waals surface area contributed by atoms with Gasteiger partial charge in [-0.05, 0) is 36.6 Å². The summed E-state index contributed by atoms with van der Waals surface area (Å²) < 4.78 is 5.11. The number of methoxy groups -OCH3 is 1. The number of amides is 1. The van der Waals surface area contributed by atoms with Gasteiger partial charge in [-0.3, -0.25) is 4.79 Å². The molecule has 2 rings (SSSR count). The molecule has 5 heteroatoms. The number of hydrogen-bond acceptors (Lipinski definition) is 3. The van der Waals surface area contributed by atoms with Crippen LogP contribution in [0.25, 0.3) is 0 Å². The zero-order valence-electron chi connectivity index (χ0n) is 13.9. The van der Waals surface area contributed by atoms with Crippen molar-refractivity contribution in [1.29, 1.82) is 0 Å². The summed E-state index contributed by atoms with van der Waals surface area (Å²) in [5.74, 6) is 0.500. The molecule has 0 fully saturated rings. The first-order chi connectivity index (χ1) is 11.4. The number of carbonyl (C=O) groups is 1. The van der Waals surface area contributed by atoms with Crippen LogP contribution >= 0.6 is 11.6 Å². The topological polar surface area (TPSA) is 58.6 Å². The van der Waals surface area contributed by atoms with Crippen LogP contribution in [-0.2, 0) is 16.8 Å². The van der Waals surface area contributed by atoms with Crippen molar-refractivity contribution in [1.82, 2.24) is 5.32 Å². The average molecular weight is 348 g/mol. The number of benzene rings is 2. The molecule has 2 N–H and O–H groups in total. The number of ether oxygens (including phenoxy) is 1. The van der Waals surface area contributed by atoms with E-state index in [4.69, 9.17) is 16.3 Å². The molecule has 128 valence electrons. The van der Waals surface area contributed by atoms with E-state index in [1.54, 1.807) is 20.1 Å². The minimum Gasteiger partial charge on any atom is -0.497 e. The molecule has 0 bridgehead atoms. The predicted octanol–water partition coefficient (Wildman–Crippen LogP) is 3.31. The smallest absolute Gasteiger partial charge is 0.223 e. The van der Waals surface area contributed by atoms with Crippen LogP contribution < -0.4 is 10.1 Å². The third-order valence-corrected chi connectivity index (χ3v) is 4.23. The van der Waals surface area contributed by atoms with Gasteiger partial charge in [0.05, 0.1) is 19.1 Å². The van der Waals surface area contributed by atoms with E-state index in [2.05, 4.69) is 5.32 Å². The molecule has 0 aliphatic heterocycles. The number of carbonyl (C=O) groups excluding carboxylic acids is 1. The lowest BCUT2D eigenvalue weighted by Gasteiger charge is -2.23. The Morgan fingerprint density at radius 1 is 1.25 bits per heavy atom. The minimum atomic E-state index is -1.19. The Kier molecular flexibility index (Phi) is 6.23. The number of halogens is 1. The van der Waals surface area contributed by atoms with Crippen molar-refractivity contribution in [2.45, 2.75) is 25.4 Å². The molecular weight excluding hydrogens is 326 g/mol. The molecular formula is C19H22ClNO3. The number of aliphatic hydroxyl groups is 1. The maximum absolute atomic E-state index is 12.1.